The molecule has 0 aromatic heterocycles. The van der Waals surface area contributed by atoms with Crippen molar-refractivity contribution in [3.8, 4) is 0 Å². The van der Waals surface area contributed by atoms with Crippen LogP contribution in [0.1, 0.15) is 124 Å². The first-order chi connectivity index (χ1) is 13.1. The molecule has 0 aliphatic rings. The van der Waals surface area contributed by atoms with Gasteiger partial charge in [0.25, 0.3) is 0 Å². The second kappa shape index (κ2) is 16.6. The largest absolute Gasteiger partial charge is 0.353 e. The summed E-state index contributed by atoms with van der Waals surface area (Å²) in [5.41, 5.74) is -0.0938. The van der Waals surface area contributed by atoms with Crippen LogP contribution in [0.4, 0.5) is 0 Å². The number of rotatable bonds is 20. The van der Waals surface area contributed by atoms with Crippen LogP contribution in [0.25, 0.3) is 0 Å². The standard InChI is InChI=1S/C25H50O2/c1-7-10-12-14-16-17-19-21-23-25(9-3,24(4,26-5)27-6)22-20-18-15-13-11-8-2/h9H,3,7-8,10-23H2,1-2,4-6H3. The van der Waals surface area contributed by atoms with Crippen molar-refractivity contribution in [1.29, 1.82) is 0 Å². The first kappa shape index (κ1) is 26.7. The Kier molecular flexibility index (Phi) is 16.4. The zero-order valence-corrected chi connectivity index (χ0v) is 19.4. The minimum Gasteiger partial charge on any atom is -0.353 e. The highest BCUT2D eigenvalue weighted by molar-refractivity contribution is 5.03. The number of unbranched alkanes of at least 4 members (excludes halogenated alkanes) is 12. The van der Waals surface area contributed by atoms with E-state index in [0.29, 0.717) is 0 Å². The Balaban J connectivity index is 4.53. The predicted octanol–water partition coefficient (Wildman–Crippen LogP) is 8.45. The summed E-state index contributed by atoms with van der Waals surface area (Å²) in [5.74, 6) is -0.584. The number of ether oxygens (including phenoxy) is 2. The molecule has 0 aliphatic heterocycles. The molecule has 0 amide bonds. The minimum absolute atomic E-state index is 0.0938. The third-order valence-electron chi connectivity index (χ3n) is 6.53. The number of methoxy groups -OCH3 is 2. The molecule has 0 spiro atoms. The first-order valence-corrected chi connectivity index (χ1v) is 11.8. The van der Waals surface area contributed by atoms with Gasteiger partial charge < -0.3 is 9.47 Å². The second-order valence-electron chi connectivity index (χ2n) is 8.46. The fourth-order valence-corrected chi connectivity index (χ4v) is 4.25. The minimum atomic E-state index is -0.584. The molecule has 0 fully saturated rings. The van der Waals surface area contributed by atoms with Crippen LogP contribution in [-0.2, 0) is 9.47 Å². The van der Waals surface area contributed by atoms with Crippen LogP contribution in [-0.4, -0.2) is 20.0 Å². The lowest BCUT2D eigenvalue weighted by molar-refractivity contribution is -0.255. The van der Waals surface area contributed by atoms with E-state index in [4.69, 9.17) is 9.47 Å². The van der Waals surface area contributed by atoms with E-state index < -0.39 is 5.79 Å². The molecule has 0 N–H and O–H groups in total. The quantitative estimate of drug-likeness (QED) is 0.119. The maximum absolute atomic E-state index is 5.87. The highest BCUT2D eigenvalue weighted by Gasteiger charge is 2.46. The Bertz CT molecular complexity index is 335. The predicted molar refractivity (Wildman–Crippen MR) is 120 cm³/mol. The van der Waals surface area contributed by atoms with Crippen molar-refractivity contribution in [2.75, 3.05) is 14.2 Å². The summed E-state index contributed by atoms with van der Waals surface area (Å²) in [7, 11) is 3.55. The molecule has 162 valence electrons. The zero-order chi connectivity index (χ0) is 20.4. The molecule has 0 aliphatic carbocycles. The van der Waals surface area contributed by atoms with Crippen LogP contribution in [0.2, 0.25) is 0 Å². The van der Waals surface area contributed by atoms with Crippen molar-refractivity contribution in [2.24, 2.45) is 5.41 Å². The van der Waals surface area contributed by atoms with Gasteiger partial charge in [0.05, 0.1) is 0 Å². The fraction of sp³-hybridized carbons (Fsp3) is 0.920. The van der Waals surface area contributed by atoms with Gasteiger partial charge in [0.1, 0.15) is 0 Å². The van der Waals surface area contributed by atoms with Gasteiger partial charge in [0.2, 0.25) is 0 Å². The number of hydrogen-bond acceptors (Lipinski definition) is 2. The molecule has 2 heteroatoms. The zero-order valence-electron chi connectivity index (χ0n) is 19.4. The molecule has 0 saturated carbocycles. The van der Waals surface area contributed by atoms with Gasteiger partial charge in [-0.25, -0.2) is 0 Å². The van der Waals surface area contributed by atoms with Gasteiger partial charge in [-0.05, 0) is 19.8 Å². The topological polar surface area (TPSA) is 18.5 Å². The summed E-state index contributed by atoms with van der Waals surface area (Å²) in [6.07, 6.45) is 23.0. The molecule has 1 unspecified atom stereocenters. The third-order valence-corrected chi connectivity index (χ3v) is 6.53. The van der Waals surface area contributed by atoms with E-state index in [1.165, 1.54) is 89.9 Å². The molecule has 1 atom stereocenters. The maximum Gasteiger partial charge on any atom is 0.173 e. The summed E-state index contributed by atoms with van der Waals surface area (Å²) in [6.45, 7) is 10.9. The highest BCUT2D eigenvalue weighted by Crippen LogP contribution is 2.45. The molecule has 0 aromatic carbocycles. The summed E-state index contributed by atoms with van der Waals surface area (Å²) in [6, 6.07) is 0. The Labute approximate surface area is 171 Å². The molecule has 0 rings (SSSR count). The first-order valence-electron chi connectivity index (χ1n) is 11.8. The molecule has 0 bridgehead atoms. The van der Waals surface area contributed by atoms with Gasteiger partial charge in [-0.1, -0.05) is 110 Å². The molecular formula is C25H50O2. The van der Waals surface area contributed by atoms with Crippen LogP contribution >= 0.6 is 0 Å². The lowest BCUT2D eigenvalue weighted by atomic mass is 9.71. The molecule has 27 heavy (non-hydrogen) atoms. The monoisotopic (exact) mass is 382 g/mol. The Hall–Kier alpha value is -0.340. The van der Waals surface area contributed by atoms with Crippen molar-refractivity contribution >= 4 is 0 Å². The molecule has 0 saturated heterocycles. The SMILES string of the molecule is C=CC(CCCCCCCC)(CCCCCCCCCC)C(C)(OC)OC. The van der Waals surface area contributed by atoms with Crippen molar-refractivity contribution in [1.82, 2.24) is 0 Å². The molecule has 0 aromatic rings. The molecule has 0 heterocycles. The van der Waals surface area contributed by atoms with Crippen molar-refractivity contribution < 1.29 is 9.47 Å². The van der Waals surface area contributed by atoms with Gasteiger partial charge in [0.15, 0.2) is 5.79 Å². The van der Waals surface area contributed by atoms with E-state index in [2.05, 4.69) is 33.4 Å². The van der Waals surface area contributed by atoms with Crippen LogP contribution in [0.15, 0.2) is 12.7 Å². The van der Waals surface area contributed by atoms with E-state index in [9.17, 15) is 0 Å². The Morgan fingerprint density at radius 1 is 0.630 bits per heavy atom. The van der Waals surface area contributed by atoms with Gasteiger partial charge in [0, 0.05) is 19.6 Å². The van der Waals surface area contributed by atoms with E-state index in [1.807, 2.05) is 0 Å². The van der Waals surface area contributed by atoms with Gasteiger partial charge in [-0.3, -0.25) is 0 Å². The third kappa shape index (κ3) is 10.1. The van der Waals surface area contributed by atoms with E-state index in [0.717, 1.165) is 12.8 Å². The lowest BCUT2D eigenvalue weighted by Crippen LogP contribution is -2.48. The van der Waals surface area contributed by atoms with Crippen molar-refractivity contribution in [3.05, 3.63) is 12.7 Å². The molecular weight excluding hydrogens is 332 g/mol. The Morgan fingerprint density at radius 3 is 1.26 bits per heavy atom. The summed E-state index contributed by atoms with van der Waals surface area (Å²) in [4.78, 5) is 0. The summed E-state index contributed by atoms with van der Waals surface area (Å²) < 4.78 is 11.7. The van der Waals surface area contributed by atoms with Crippen LogP contribution < -0.4 is 0 Å². The molecule has 2 nitrogen and oxygen atoms in total. The van der Waals surface area contributed by atoms with Gasteiger partial charge >= 0.3 is 0 Å². The van der Waals surface area contributed by atoms with Gasteiger partial charge in [-0.2, -0.15) is 0 Å². The average Bonchev–Trinajstić information content (AvgIpc) is 2.70. The average molecular weight is 383 g/mol. The van der Waals surface area contributed by atoms with Crippen molar-refractivity contribution in [3.63, 3.8) is 0 Å². The number of hydrogen-bond donors (Lipinski definition) is 0. The van der Waals surface area contributed by atoms with Crippen LogP contribution in [0.5, 0.6) is 0 Å². The normalized spacial score (nSPS) is 14.3. The second-order valence-corrected chi connectivity index (χ2v) is 8.46. The fourth-order valence-electron chi connectivity index (χ4n) is 4.25. The van der Waals surface area contributed by atoms with E-state index >= 15 is 0 Å². The Morgan fingerprint density at radius 2 is 0.963 bits per heavy atom. The summed E-state index contributed by atoms with van der Waals surface area (Å²) >= 11 is 0. The van der Waals surface area contributed by atoms with Crippen LogP contribution in [0, 0.1) is 5.41 Å². The van der Waals surface area contributed by atoms with Crippen molar-refractivity contribution in [2.45, 2.75) is 129 Å². The highest BCUT2D eigenvalue weighted by atomic mass is 16.7. The van der Waals surface area contributed by atoms with E-state index in [1.54, 1.807) is 14.2 Å². The van der Waals surface area contributed by atoms with E-state index in [-0.39, 0.29) is 5.41 Å². The lowest BCUT2D eigenvalue weighted by Gasteiger charge is -2.45. The smallest absolute Gasteiger partial charge is 0.173 e. The summed E-state index contributed by atoms with van der Waals surface area (Å²) in [5, 5.41) is 0. The maximum atomic E-state index is 5.87. The van der Waals surface area contributed by atoms with Crippen LogP contribution in [0.3, 0.4) is 0 Å². The van der Waals surface area contributed by atoms with Gasteiger partial charge in [-0.15, -0.1) is 6.58 Å². The molecule has 0 radical (unpaired) electrons.